The van der Waals surface area contributed by atoms with Crippen molar-refractivity contribution in [2.45, 2.75) is 20.4 Å². The Hall–Kier alpha value is -1.21. The maximum Gasteiger partial charge on any atom is 0.230 e. The van der Waals surface area contributed by atoms with Gasteiger partial charge in [-0.1, -0.05) is 6.92 Å². The molecule has 0 aliphatic heterocycles. The fraction of sp³-hybridized carbons (Fsp3) is 0.364. The van der Waals surface area contributed by atoms with Gasteiger partial charge in [-0.2, -0.15) is 5.10 Å². The van der Waals surface area contributed by atoms with Crippen LogP contribution in [-0.2, 0) is 11.3 Å². The van der Waals surface area contributed by atoms with Gasteiger partial charge < -0.3 is 5.32 Å². The Balaban J connectivity index is 1.92. The molecule has 0 unspecified atom stereocenters. The fourth-order valence-electron chi connectivity index (χ4n) is 1.44. The van der Waals surface area contributed by atoms with Crippen molar-refractivity contribution in [3.8, 4) is 0 Å². The van der Waals surface area contributed by atoms with Crippen LogP contribution in [0.15, 0.2) is 22.2 Å². The number of anilines is 1. The van der Waals surface area contributed by atoms with Crippen LogP contribution in [0.25, 0.3) is 0 Å². The first-order chi connectivity index (χ1) is 8.54. The van der Waals surface area contributed by atoms with Gasteiger partial charge in [0.2, 0.25) is 5.91 Å². The Bertz CT molecular complexity index is 551. The molecule has 0 fully saturated rings. The standard InChI is InChI=1S/C11H13BrN4OS/c1-7(4-16-5-9(12)3-13-16)10(17)15-11-14-8(2)6-18-11/h3,5-7H,4H2,1-2H3,(H,14,15,17)/t7-/m1/s1. The van der Waals surface area contributed by atoms with Crippen molar-refractivity contribution < 1.29 is 4.79 Å². The number of rotatable bonds is 4. The number of aryl methyl sites for hydroxylation is 1. The highest BCUT2D eigenvalue weighted by Gasteiger charge is 2.15. The van der Waals surface area contributed by atoms with Crippen LogP contribution in [0.5, 0.6) is 0 Å². The van der Waals surface area contributed by atoms with E-state index >= 15 is 0 Å². The minimum absolute atomic E-state index is 0.0454. The van der Waals surface area contributed by atoms with E-state index in [0.717, 1.165) is 10.2 Å². The molecule has 1 N–H and O–H groups in total. The van der Waals surface area contributed by atoms with Crippen LogP contribution < -0.4 is 5.32 Å². The largest absolute Gasteiger partial charge is 0.302 e. The van der Waals surface area contributed by atoms with Gasteiger partial charge >= 0.3 is 0 Å². The predicted octanol–water partition coefficient (Wildman–Crippen LogP) is 2.69. The molecule has 0 bridgehead atoms. The van der Waals surface area contributed by atoms with E-state index in [2.05, 4.69) is 31.3 Å². The Morgan fingerprint density at radius 1 is 1.67 bits per heavy atom. The molecule has 0 aliphatic carbocycles. The van der Waals surface area contributed by atoms with Crippen LogP contribution in [0, 0.1) is 12.8 Å². The van der Waals surface area contributed by atoms with E-state index in [9.17, 15) is 4.79 Å². The van der Waals surface area contributed by atoms with E-state index in [1.165, 1.54) is 11.3 Å². The SMILES string of the molecule is Cc1csc(NC(=O)[C@H](C)Cn2cc(Br)cn2)n1. The van der Waals surface area contributed by atoms with Crippen LogP contribution >= 0.6 is 27.3 Å². The number of thiazole rings is 1. The summed E-state index contributed by atoms with van der Waals surface area (Å²) in [7, 11) is 0. The second kappa shape index (κ2) is 5.62. The summed E-state index contributed by atoms with van der Waals surface area (Å²) in [5.41, 5.74) is 0.916. The second-order valence-electron chi connectivity index (χ2n) is 4.06. The first-order valence-corrected chi connectivity index (χ1v) is 7.13. The van der Waals surface area contributed by atoms with Gasteiger partial charge in [0.25, 0.3) is 0 Å². The third-order valence-electron chi connectivity index (χ3n) is 2.36. The Labute approximate surface area is 117 Å². The quantitative estimate of drug-likeness (QED) is 0.938. The molecule has 96 valence electrons. The van der Waals surface area contributed by atoms with Crippen molar-refractivity contribution in [1.29, 1.82) is 0 Å². The number of halogens is 1. The maximum atomic E-state index is 11.9. The van der Waals surface area contributed by atoms with Gasteiger partial charge in [0.1, 0.15) is 0 Å². The molecule has 2 aromatic heterocycles. The molecule has 0 aliphatic rings. The van der Waals surface area contributed by atoms with Crippen molar-refractivity contribution >= 4 is 38.3 Å². The molecule has 1 amide bonds. The fourth-order valence-corrected chi connectivity index (χ4v) is 2.46. The lowest BCUT2D eigenvalue weighted by molar-refractivity contribution is -0.119. The van der Waals surface area contributed by atoms with Gasteiger partial charge in [-0.3, -0.25) is 9.48 Å². The number of carbonyl (C=O) groups is 1. The molecule has 18 heavy (non-hydrogen) atoms. The highest BCUT2D eigenvalue weighted by molar-refractivity contribution is 9.10. The minimum atomic E-state index is -0.166. The molecular weight excluding hydrogens is 316 g/mol. The van der Waals surface area contributed by atoms with Crippen LogP contribution in [0.4, 0.5) is 5.13 Å². The lowest BCUT2D eigenvalue weighted by atomic mass is 10.2. The summed E-state index contributed by atoms with van der Waals surface area (Å²) >= 11 is 4.76. The highest BCUT2D eigenvalue weighted by atomic mass is 79.9. The molecule has 0 spiro atoms. The molecule has 0 saturated heterocycles. The van der Waals surface area contributed by atoms with E-state index < -0.39 is 0 Å². The molecular formula is C11H13BrN4OS. The summed E-state index contributed by atoms with van der Waals surface area (Å²) in [6.45, 7) is 4.31. The van der Waals surface area contributed by atoms with Crippen molar-refractivity contribution in [2.24, 2.45) is 5.92 Å². The number of nitrogens with one attached hydrogen (secondary N) is 1. The van der Waals surface area contributed by atoms with Gasteiger partial charge in [0.15, 0.2) is 5.13 Å². The van der Waals surface area contributed by atoms with Gasteiger partial charge in [-0.15, -0.1) is 11.3 Å². The Morgan fingerprint density at radius 3 is 3.00 bits per heavy atom. The van der Waals surface area contributed by atoms with Gasteiger partial charge in [-0.25, -0.2) is 4.98 Å². The molecule has 0 radical (unpaired) electrons. The van der Waals surface area contributed by atoms with E-state index in [0.29, 0.717) is 11.7 Å². The van der Waals surface area contributed by atoms with Crippen molar-refractivity contribution in [2.75, 3.05) is 5.32 Å². The summed E-state index contributed by atoms with van der Waals surface area (Å²) in [5.74, 6) is -0.211. The summed E-state index contributed by atoms with van der Waals surface area (Å²) in [4.78, 5) is 16.1. The first kappa shape index (κ1) is 13.2. The van der Waals surface area contributed by atoms with E-state index in [-0.39, 0.29) is 11.8 Å². The second-order valence-corrected chi connectivity index (χ2v) is 5.84. The monoisotopic (exact) mass is 328 g/mol. The number of amides is 1. The first-order valence-electron chi connectivity index (χ1n) is 5.45. The molecule has 2 heterocycles. The van der Waals surface area contributed by atoms with Crippen molar-refractivity contribution in [1.82, 2.24) is 14.8 Å². The number of hydrogen-bond acceptors (Lipinski definition) is 4. The molecule has 5 nitrogen and oxygen atoms in total. The minimum Gasteiger partial charge on any atom is -0.302 e. The molecule has 2 aromatic rings. The lowest BCUT2D eigenvalue weighted by Crippen LogP contribution is -2.24. The smallest absolute Gasteiger partial charge is 0.230 e. The third-order valence-corrected chi connectivity index (χ3v) is 3.64. The summed E-state index contributed by atoms with van der Waals surface area (Å²) in [6, 6.07) is 0. The molecule has 1 atom stereocenters. The summed E-state index contributed by atoms with van der Waals surface area (Å²) in [5, 5.41) is 9.48. The predicted molar refractivity (Wildman–Crippen MR) is 74.6 cm³/mol. The normalized spacial score (nSPS) is 12.4. The van der Waals surface area contributed by atoms with Gasteiger partial charge in [0, 0.05) is 11.6 Å². The average molecular weight is 329 g/mol. The number of hydrogen-bond donors (Lipinski definition) is 1. The van der Waals surface area contributed by atoms with E-state index in [4.69, 9.17) is 0 Å². The number of aromatic nitrogens is 3. The Kier molecular flexibility index (Phi) is 4.13. The third kappa shape index (κ3) is 3.39. The zero-order valence-electron chi connectivity index (χ0n) is 10.1. The van der Waals surface area contributed by atoms with Crippen LogP contribution in [-0.4, -0.2) is 20.7 Å². The van der Waals surface area contributed by atoms with Crippen LogP contribution in [0.3, 0.4) is 0 Å². The highest BCUT2D eigenvalue weighted by Crippen LogP contribution is 2.16. The van der Waals surface area contributed by atoms with Gasteiger partial charge in [-0.05, 0) is 22.9 Å². The average Bonchev–Trinajstić information content (AvgIpc) is 2.88. The zero-order chi connectivity index (χ0) is 13.1. The zero-order valence-corrected chi connectivity index (χ0v) is 12.5. The Morgan fingerprint density at radius 2 is 2.44 bits per heavy atom. The topological polar surface area (TPSA) is 59.8 Å². The molecule has 2 rings (SSSR count). The summed E-state index contributed by atoms with van der Waals surface area (Å²) in [6.07, 6.45) is 3.55. The van der Waals surface area contributed by atoms with E-state index in [1.807, 2.05) is 25.4 Å². The summed E-state index contributed by atoms with van der Waals surface area (Å²) < 4.78 is 2.65. The number of nitrogens with zero attached hydrogens (tertiary/aromatic N) is 3. The molecule has 0 aromatic carbocycles. The van der Waals surface area contributed by atoms with Crippen LogP contribution in [0.2, 0.25) is 0 Å². The van der Waals surface area contributed by atoms with Gasteiger partial charge in [0.05, 0.1) is 28.8 Å². The van der Waals surface area contributed by atoms with Crippen molar-refractivity contribution in [3.63, 3.8) is 0 Å². The van der Waals surface area contributed by atoms with Crippen molar-refractivity contribution in [3.05, 3.63) is 27.9 Å². The molecule has 7 heteroatoms. The molecule has 0 saturated carbocycles. The lowest BCUT2D eigenvalue weighted by Gasteiger charge is -2.10. The van der Waals surface area contributed by atoms with E-state index in [1.54, 1.807) is 10.9 Å². The maximum absolute atomic E-state index is 11.9. The van der Waals surface area contributed by atoms with Crippen LogP contribution in [0.1, 0.15) is 12.6 Å². The number of carbonyl (C=O) groups excluding carboxylic acids is 1.